The van der Waals surface area contributed by atoms with Gasteiger partial charge >= 0.3 is 0 Å². The van der Waals surface area contributed by atoms with E-state index in [4.69, 9.17) is 11.6 Å². The number of hydrogen-bond donors (Lipinski definition) is 2. The van der Waals surface area contributed by atoms with Gasteiger partial charge in [0, 0.05) is 17.4 Å². The van der Waals surface area contributed by atoms with Crippen molar-refractivity contribution in [2.75, 3.05) is 0 Å². The zero-order valence-corrected chi connectivity index (χ0v) is 12.9. The van der Waals surface area contributed by atoms with Crippen molar-refractivity contribution in [3.05, 3.63) is 64.2 Å². The van der Waals surface area contributed by atoms with Crippen LogP contribution in [0.1, 0.15) is 21.5 Å². The number of rotatable bonds is 4. The van der Waals surface area contributed by atoms with E-state index in [-0.39, 0.29) is 16.7 Å². The van der Waals surface area contributed by atoms with E-state index in [0.29, 0.717) is 12.1 Å². The Kier molecular flexibility index (Phi) is 5.04. The number of benzene rings is 2. The van der Waals surface area contributed by atoms with Crippen LogP contribution in [0.25, 0.3) is 0 Å². The third-order valence-corrected chi connectivity index (χ3v) is 3.79. The van der Waals surface area contributed by atoms with Crippen LogP contribution in [0.15, 0.2) is 42.5 Å². The topological polar surface area (TPSA) is 49.3 Å². The zero-order chi connectivity index (χ0) is 14.5. The normalized spacial score (nSPS) is 10.3. The summed E-state index contributed by atoms with van der Waals surface area (Å²) < 4.78 is 0. The smallest absolute Gasteiger partial charge is 0.251 e. The molecule has 20 heavy (non-hydrogen) atoms. The molecule has 2 rings (SSSR count). The van der Waals surface area contributed by atoms with Gasteiger partial charge in [0.15, 0.2) is 0 Å². The Morgan fingerprint density at radius 2 is 1.80 bits per heavy atom. The second-order valence-corrected chi connectivity index (χ2v) is 5.27. The lowest BCUT2D eigenvalue weighted by atomic mass is 10.1. The fraction of sp³-hybridized carbons (Fsp3) is 0.133. The molecule has 0 aliphatic carbocycles. The number of aromatic hydroxyl groups is 1. The van der Waals surface area contributed by atoms with Crippen LogP contribution in [0.4, 0.5) is 0 Å². The van der Waals surface area contributed by atoms with Gasteiger partial charge in [-0.3, -0.25) is 4.79 Å². The van der Waals surface area contributed by atoms with Crippen molar-refractivity contribution in [1.29, 1.82) is 0 Å². The van der Waals surface area contributed by atoms with E-state index in [1.165, 1.54) is 23.8 Å². The summed E-state index contributed by atoms with van der Waals surface area (Å²) in [7, 11) is 0. The summed E-state index contributed by atoms with van der Waals surface area (Å²) in [4.78, 5) is 11.9. The second-order valence-electron chi connectivity index (χ2n) is 4.30. The van der Waals surface area contributed by atoms with E-state index in [9.17, 15) is 9.90 Å². The molecule has 0 saturated carbocycles. The quantitative estimate of drug-likeness (QED) is 0.819. The average Bonchev–Trinajstić information content (AvgIpc) is 2.48. The number of carbonyl (C=O) groups is 1. The molecule has 2 N–H and O–H groups in total. The van der Waals surface area contributed by atoms with Crippen molar-refractivity contribution in [3.8, 4) is 5.75 Å². The minimum atomic E-state index is -0.225. The molecule has 0 spiro atoms. The van der Waals surface area contributed by atoms with Gasteiger partial charge in [0.2, 0.25) is 0 Å². The molecule has 2 aromatic rings. The van der Waals surface area contributed by atoms with Gasteiger partial charge in [0.25, 0.3) is 5.91 Å². The molecular weight excluding hydrogens is 342 g/mol. The van der Waals surface area contributed by atoms with Crippen LogP contribution >= 0.6 is 27.5 Å². The van der Waals surface area contributed by atoms with E-state index >= 15 is 0 Å². The molecule has 2 aromatic carbocycles. The van der Waals surface area contributed by atoms with Crippen molar-refractivity contribution < 1.29 is 9.90 Å². The molecular formula is C15H13BrClNO2. The zero-order valence-electron chi connectivity index (χ0n) is 10.6. The Balaban J connectivity index is 1.98. The maximum absolute atomic E-state index is 11.9. The molecule has 0 bridgehead atoms. The molecule has 0 heterocycles. The molecule has 0 fully saturated rings. The van der Waals surface area contributed by atoms with Crippen LogP contribution in [-0.2, 0) is 11.9 Å². The number of halogens is 2. The molecule has 0 aliphatic heterocycles. The highest BCUT2D eigenvalue weighted by atomic mass is 79.9. The summed E-state index contributed by atoms with van der Waals surface area (Å²) >= 11 is 9.16. The maximum Gasteiger partial charge on any atom is 0.251 e. The van der Waals surface area contributed by atoms with E-state index in [1.807, 2.05) is 24.3 Å². The van der Waals surface area contributed by atoms with Gasteiger partial charge in [-0.2, -0.15) is 0 Å². The molecule has 0 aromatic heterocycles. The van der Waals surface area contributed by atoms with E-state index in [2.05, 4.69) is 21.2 Å². The number of carbonyl (C=O) groups excluding carboxylic acids is 1. The maximum atomic E-state index is 11.9. The van der Waals surface area contributed by atoms with Gasteiger partial charge in [-0.25, -0.2) is 0 Å². The Hall–Kier alpha value is -1.52. The van der Waals surface area contributed by atoms with E-state index < -0.39 is 0 Å². The number of alkyl halides is 1. The molecule has 0 atom stereocenters. The number of nitrogens with one attached hydrogen (secondary N) is 1. The van der Waals surface area contributed by atoms with Gasteiger partial charge in [0.1, 0.15) is 5.75 Å². The van der Waals surface area contributed by atoms with Crippen molar-refractivity contribution in [1.82, 2.24) is 5.32 Å². The Bertz CT molecular complexity index is 614. The summed E-state index contributed by atoms with van der Waals surface area (Å²) in [5.74, 6) is -0.259. The summed E-state index contributed by atoms with van der Waals surface area (Å²) in [6, 6.07) is 12.3. The summed E-state index contributed by atoms with van der Waals surface area (Å²) in [5.41, 5.74) is 2.63. The van der Waals surface area contributed by atoms with Crippen LogP contribution in [0.5, 0.6) is 5.75 Å². The summed E-state index contributed by atoms with van der Waals surface area (Å²) in [6.07, 6.45) is 0. The predicted molar refractivity (Wildman–Crippen MR) is 83.4 cm³/mol. The SMILES string of the molecule is O=C(NCc1ccc(CBr)cc1)c1ccc(O)c(Cl)c1. The van der Waals surface area contributed by atoms with E-state index in [0.717, 1.165) is 10.9 Å². The van der Waals surface area contributed by atoms with Crippen molar-refractivity contribution in [2.24, 2.45) is 0 Å². The first kappa shape index (κ1) is 14.9. The highest BCUT2D eigenvalue weighted by Gasteiger charge is 2.08. The first-order valence-electron chi connectivity index (χ1n) is 6.00. The minimum Gasteiger partial charge on any atom is -0.506 e. The molecule has 0 unspecified atom stereocenters. The Morgan fingerprint density at radius 3 is 2.40 bits per heavy atom. The Morgan fingerprint density at radius 1 is 1.15 bits per heavy atom. The van der Waals surface area contributed by atoms with Crippen LogP contribution in [0, 0.1) is 0 Å². The number of amides is 1. The van der Waals surface area contributed by atoms with Crippen molar-refractivity contribution >= 4 is 33.4 Å². The second kappa shape index (κ2) is 6.77. The first-order chi connectivity index (χ1) is 9.60. The average molecular weight is 355 g/mol. The molecule has 1 amide bonds. The lowest BCUT2D eigenvalue weighted by molar-refractivity contribution is 0.0951. The van der Waals surface area contributed by atoms with Gasteiger partial charge in [-0.05, 0) is 29.3 Å². The number of phenolic OH excluding ortho intramolecular Hbond substituents is 1. The number of phenols is 1. The highest BCUT2D eigenvalue weighted by Crippen LogP contribution is 2.23. The fourth-order valence-corrected chi connectivity index (χ4v) is 2.23. The lowest BCUT2D eigenvalue weighted by Gasteiger charge is -2.07. The third-order valence-electron chi connectivity index (χ3n) is 2.84. The van der Waals surface area contributed by atoms with Crippen LogP contribution < -0.4 is 5.32 Å². The van der Waals surface area contributed by atoms with Gasteiger partial charge in [-0.1, -0.05) is 51.8 Å². The molecule has 0 aliphatic rings. The minimum absolute atomic E-state index is 0.0337. The molecule has 0 radical (unpaired) electrons. The predicted octanol–water partition coefficient (Wildman–Crippen LogP) is 3.87. The third kappa shape index (κ3) is 3.74. The molecule has 104 valence electrons. The van der Waals surface area contributed by atoms with Crippen LogP contribution in [-0.4, -0.2) is 11.0 Å². The summed E-state index contributed by atoms with van der Waals surface area (Å²) in [6.45, 7) is 0.444. The molecule has 3 nitrogen and oxygen atoms in total. The lowest BCUT2D eigenvalue weighted by Crippen LogP contribution is -2.22. The van der Waals surface area contributed by atoms with Crippen molar-refractivity contribution in [3.63, 3.8) is 0 Å². The number of hydrogen-bond acceptors (Lipinski definition) is 2. The van der Waals surface area contributed by atoms with Gasteiger partial charge < -0.3 is 10.4 Å². The fourth-order valence-electron chi connectivity index (χ4n) is 1.68. The van der Waals surface area contributed by atoms with Gasteiger partial charge in [0.05, 0.1) is 5.02 Å². The van der Waals surface area contributed by atoms with Gasteiger partial charge in [-0.15, -0.1) is 0 Å². The molecule has 5 heteroatoms. The first-order valence-corrected chi connectivity index (χ1v) is 7.50. The van der Waals surface area contributed by atoms with Crippen LogP contribution in [0.3, 0.4) is 0 Å². The molecule has 0 saturated heterocycles. The monoisotopic (exact) mass is 353 g/mol. The summed E-state index contributed by atoms with van der Waals surface area (Å²) in [5, 5.41) is 13.1. The van der Waals surface area contributed by atoms with Crippen LogP contribution in [0.2, 0.25) is 5.02 Å². The Labute approximate surface area is 130 Å². The largest absolute Gasteiger partial charge is 0.506 e. The van der Waals surface area contributed by atoms with Crippen molar-refractivity contribution in [2.45, 2.75) is 11.9 Å². The standard InChI is InChI=1S/C15H13BrClNO2/c16-8-10-1-3-11(4-2-10)9-18-15(20)12-5-6-14(19)13(17)7-12/h1-7,19H,8-9H2,(H,18,20). The van der Waals surface area contributed by atoms with E-state index in [1.54, 1.807) is 0 Å². The highest BCUT2D eigenvalue weighted by molar-refractivity contribution is 9.08.